The summed E-state index contributed by atoms with van der Waals surface area (Å²) in [6.45, 7) is 7.66. The van der Waals surface area contributed by atoms with E-state index in [9.17, 15) is 9.59 Å². The molecule has 1 heterocycles. The zero-order chi connectivity index (χ0) is 15.7. The molecule has 0 aliphatic rings. The predicted molar refractivity (Wildman–Crippen MR) is 82.4 cm³/mol. The lowest BCUT2D eigenvalue weighted by molar-refractivity contribution is 0.302. The molecule has 1 aromatic heterocycles. The van der Waals surface area contributed by atoms with Crippen molar-refractivity contribution < 1.29 is 4.42 Å². The third kappa shape index (κ3) is 5.02. The summed E-state index contributed by atoms with van der Waals surface area (Å²) in [4.78, 5) is 28.7. The van der Waals surface area contributed by atoms with Gasteiger partial charge in [0.25, 0.3) is 0 Å². The summed E-state index contributed by atoms with van der Waals surface area (Å²) >= 11 is 0. The zero-order valence-electron chi connectivity index (χ0n) is 13.4. The van der Waals surface area contributed by atoms with Crippen molar-refractivity contribution in [1.82, 2.24) is 9.13 Å². The van der Waals surface area contributed by atoms with Gasteiger partial charge in [0, 0.05) is 19.6 Å². The highest BCUT2D eigenvalue weighted by atomic mass is 16.4. The van der Waals surface area contributed by atoms with E-state index in [2.05, 4.69) is 18.8 Å². The maximum atomic E-state index is 12.5. The Kier molecular flexibility index (Phi) is 7.79. The van der Waals surface area contributed by atoms with Gasteiger partial charge in [-0.15, -0.1) is 0 Å². The van der Waals surface area contributed by atoms with Crippen LogP contribution >= 0.6 is 0 Å². The van der Waals surface area contributed by atoms with Crippen molar-refractivity contribution in [1.29, 1.82) is 0 Å². The molecule has 0 unspecified atom stereocenters. The third-order valence-corrected chi connectivity index (χ3v) is 3.32. The van der Waals surface area contributed by atoms with Crippen LogP contribution in [-0.2, 0) is 13.1 Å². The second-order valence-corrected chi connectivity index (χ2v) is 5.18. The van der Waals surface area contributed by atoms with Crippen molar-refractivity contribution in [3.05, 3.63) is 26.7 Å². The molecular formula is C15H27N3O3. The van der Waals surface area contributed by atoms with E-state index < -0.39 is 5.76 Å². The number of hydrogen-bond donors (Lipinski definition) is 0. The van der Waals surface area contributed by atoms with Crippen molar-refractivity contribution in [3.63, 3.8) is 0 Å². The van der Waals surface area contributed by atoms with Crippen molar-refractivity contribution in [3.8, 4) is 0 Å². The zero-order valence-corrected chi connectivity index (χ0v) is 13.4. The molecule has 0 saturated carbocycles. The SMILES string of the molecule is CCCCN=c1oc(=O)n(CCCC)c(=O)n1CCCC. The summed E-state index contributed by atoms with van der Waals surface area (Å²) in [7, 11) is 0. The summed E-state index contributed by atoms with van der Waals surface area (Å²) in [6, 6.07) is 0. The molecular weight excluding hydrogens is 270 g/mol. The van der Waals surface area contributed by atoms with E-state index in [-0.39, 0.29) is 11.4 Å². The molecule has 6 heteroatoms. The first-order valence-electron chi connectivity index (χ1n) is 8.00. The normalized spacial score (nSPS) is 12.0. The van der Waals surface area contributed by atoms with Crippen LogP contribution in [0.1, 0.15) is 59.3 Å². The lowest BCUT2D eigenvalue weighted by Gasteiger charge is -2.08. The number of nitrogens with zero attached hydrogens (tertiary/aromatic N) is 3. The van der Waals surface area contributed by atoms with Gasteiger partial charge in [-0.2, -0.15) is 0 Å². The molecule has 0 bridgehead atoms. The van der Waals surface area contributed by atoms with Gasteiger partial charge in [0.2, 0.25) is 0 Å². The molecule has 0 spiro atoms. The summed E-state index contributed by atoms with van der Waals surface area (Å²) in [6.07, 6.45) is 5.45. The van der Waals surface area contributed by atoms with E-state index in [4.69, 9.17) is 4.42 Å². The minimum Gasteiger partial charge on any atom is -0.375 e. The van der Waals surface area contributed by atoms with Crippen molar-refractivity contribution in [2.24, 2.45) is 4.99 Å². The van der Waals surface area contributed by atoms with Crippen LogP contribution in [0.4, 0.5) is 0 Å². The molecule has 1 rings (SSSR count). The van der Waals surface area contributed by atoms with Gasteiger partial charge >= 0.3 is 17.1 Å². The summed E-state index contributed by atoms with van der Waals surface area (Å²) in [5.41, 5.74) is -0.136. The molecule has 21 heavy (non-hydrogen) atoms. The Labute approximate surface area is 125 Å². The lowest BCUT2D eigenvalue weighted by Crippen LogP contribution is -2.47. The van der Waals surface area contributed by atoms with Gasteiger partial charge in [-0.25, -0.2) is 23.7 Å². The van der Waals surface area contributed by atoms with Crippen LogP contribution in [0, 0.1) is 0 Å². The minimum absolute atomic E-state index is 0.166. The average molecular weight is 297 g/mol. The Morgan fingerprint density at radius 1 is 0.905 bits per heavy atom. The van der Waals surface area contributed by atoms with E-state index in [1.54, 1.807) is 0 Å². The molecule has 1 aromatic rings. The van der Waals surface area contributed by atoms with E-state index in [1.807, 2.05) is 6.92 Å². The van der Waals surface area contributed by atoms with Crippen LogP contribution in [-0.4, -0.2) is 15.7 Å². The van der Waals surface area contributed by atoms with Gasteiger partial charge in [0.1, 0.15) is 0 Å². The van der Waals surface area contributed by atoms with Crippen LogP contribution < -0.4 is 17.1 Å². The molecule has 0 aromatic carbocycles. The Hall–Kier alpha value is -1.59. The van der Waals surface area contributed by atoms with E-state index in [0.29, 0.717) is 19.6 Å². The lowest BCUT2D eigenvalue weighted by atomic mass is 10.3. The van der Waals surface area contributed by atoms with E-state index >= 15 is 0 Å². The fourth-order valence-electron chi connectivity index (χ4n) is 1.96. The molecule has 0 fully saturated rings. The number of aromatic nitrogens is 2. The minimum atomic E-state index is -0.601. The molecule has 0 amide bonds. The Morgan fingerprint density at radius 3 is 2.05 bits per heavy atom. The predicted octanol–water partition coefficient (Wildman–Crippen LogP) is 1.90. The molecule has 0 N–H and O–H groups in total. The molecule has 0 atom stereocenters. The monoisotopic (exact) mass is 297 g/mol. The molecule has 0 saturated heterocycles. The highest BCUT2D eigenvalue weighted by Gasteiger charge is 2.09. The van der Waals surface area contributed by atoms with Gasteiger partial charge < -0.3 is 4.42 Å². The Bertz CT molecular complexity index is 595. The van der Waals surface area contributed by atoms with E-state index in [1.165, 1.54) is 9.13 Å². The van der Waals surface area contributed by atoms with Gasteiger partial charge in [-0.3, -0.25) is 0 Å². The first-order valence-corrected chi connectivity index (χ1v) is 8.00. The Balaban J connectivity index is 3.27. The average Bonchev–Trinajstić information content (AvgIpc) is 2.47. The van der Waals surface area contributed by atoms with Crippen LogP contribution in [0.2, 0.25) is 0 Å². The largest absolute Gasteiger partial charge is 0.425 e. The highest BCUT2D eigenvalue weighted by molar-refractivity contribution is 4.70. The van der Waals surface area contributed by atoms with Crippen molar-refractivity contribution >= 4 is 0 Å². The maximum Gasteiger partial charge on any atom is 0.425 e. The number of rotatable bonds is 9. The standard InChI is InChI=1S/C15H27N3O3/c1-4-7-10-16-13-17(11-8-5-2)14(19)18(12-9-6-3)15(20)21-13/h4-12H2,1-3H3. The third-order valence-electron chi connectivity index (χ3n) is 3.32. The van der Waals surface area contributed by atoms with E-state index in [0.717, 1.165) is 38.5 Å². The fourth-order valence-corrected chi connectivity index (χ4v) is 1.96. The highest BCUT2D eigenvalue weighted by Crippen LogP contribution is 1.91. The first kappa shape index (κ1) is 17.5. The fraction of sp³-hybridized carbons (Fsp3) is 0.800. The van der Waals surface area contributed by atoms with Crippen LogP contribution in [0.15, 0.2) is 19.0 Å². The topological polar surface area (TPSA) is 69.5 Å². The van der Waals surface area contributed by atoms with Gasteiger partial charge in [0.05, 0.1) is 0 Å². The van der Waals surface area contributed by atoms with Gasteiger partial charge in [-0.1, -0.05) is 40.0 Å². The first-order chi connectivity index (χ1) is 10.2. The molecule has 0 radical (unpaired) electrons. The van der Waals surface area contributed by atoms with Crippen LogP contribution in [0.25, 0.3) is 0 Å². The second-order valence-electron chi connectivity index (χ2n) is 5.18. The van der Waals surface area contributed by atoms with Gasteiger partial charge in [0.15, 0.2) is 0 Å². The molecule has 120 valence electrons. The summed E-state index contributed by atoms with van der Waals surface area (Å²) in [5.74, 6) is -0.601. The second kappa shape index (κ2) is 9.37. The van der Waals surface area contributed by atoms with Crippen LogP contribution in [0.3, 0.4) is 0 Å². The quantitative estimate of drug-likeness (QED) is 0.654. The number of unbranched alkanes of at least 4 members (excludes halogenated alkanes) is 3. The maximum absolute atomic E-state index is 12.5. The van der Waals surface area contributed by atoms with Crippen molar-refractivity contribution in [2.45, 2.75) is 72.4 Å². The van der Waals surface area contributed by atoms with Crippen molar-refractivity contribution in [2.75, 3.05) is 6.54 Å². The van der Waals surface area contributed by atoms with Gasteiger partial charge in [-0.05, 0) is 19.3 Å². The summed E-state index contributed by atoms with van der Waals surface area (Å²) < 4.78 is 7.94. The Morgan fingerprint density at radius 2 is 1.48 bits per heavy atom. The van der Waals surface area contributed by atoms with Crippen LogP contribution in [0.5, 0.6) is 0 Å². The number of hydrogen-bond acceptors (Lipinski definition) is 4. The molecule has 6 nitrogen and oxygen atoms in total. The summed E-state index contributed by atoms with van der Waals surface area (Å²) in [5, 5.41) is 0. The molecule has 0 aliphatic carbocycles. The smallest absolute Gasteiger partial charge is 0.375 e. The molecule has 0 aliphatic heterocycles.